The Balaban J connectivity index is 2.25. The van der Waals surface area contributed by atoms with Crippen LogP contribution in [-0.2, 0) is 0 Å². The third-order valence-corrected chi connectivity index (χ3v) is 13.7. The summed E-state index contributed by atoms with van der Waals surface area (Å²) >= 11 is 8.99. The van der Waals surface area contributed by atoms with Crippen LogP contribution in [0.1, 0.15) is 27.7 Å². The first-order chi connectivity index (χ1) is 11.8. The third kappa shape index (κ3) is 3.66. The molecule has 0 spiro atoms. The van der Waals surface area contributed by atoms with Crippen molar-refractivity contribution in [3.8, 4) is 11.5 Å². The van der Waals surface area contributed by atoms with E-state index in [1.54, 1.807) is 24.3 Å². The Kier molecular flexibility index (Phi) is 5.32. The Labute approximate surface area is 161 Å². The molecule has 132 valence electrons. The number of fused-ring (bicyclic) bond motifs is 2. The van der Waals surface area contributed by atoms with E-state index in [9.17, 15) is 0 Å². The van der Waals surface area contributed by atoms with Crippen LogP contribution in [0.5, 0.6) is 11.5 Å². The normalized spacial score (nSPS) is 15.5. The van der Waals surface area contributed by atoms with Gasteiger partial charge >= 0.3 is 161 Å². The van der Waals surface area contributed by atoms with Crippen molar-refractivity contribution in [2.75, 3.05) is 0 Å². The predicted molar refractivity (Wildman–Crippen MR) is 104 cm³/mol. The first-order valence-corrected chi connectivity index (χ1v) is 13.1. The summed E-state index contributed by atoms with van der Waals surface area (Å²) in [6, 6.07) is 10.8. The molecule has 1 aliphatic heterocycles. The first-order valence-electron chi connectivity index (χ1n) is 8.20. The van der Waals surface area contributed by atoms with Gasteiger partial charge in [0.25, 0.3) is 0 Å². The van der Waals surface area contributed by atoms with Gasteiger partial charge in [0.05, 0.1) is 0 Å². The Morgan fingerprint density at radius 1 is 0.760 bits per heavy atom. The molecule has 0 saturated heterocycles. The van der Waals surface area contributed by atoms with E-state index in [0.29, 0.717) is 32.9 Å². The van der Waals surface area contributed by atoms with E-state index in [2.05, 4.69) is 37.9 Å². The standard InChI is InChI=1S/C18H20Cl2GeN2O2/c1-11(2)21(12(3)4)24-17-9-13(19)5-7-15(17)22-23-16-8-6-14(20)10-18(16)25-21/h5-12H,1-4H3. The van der Waals surface area contributed by atoms with Gasteiger partial charge in [-0.3, -0.25) is 0 Å². The maximum atomic E-state index is 6.59. The molecule has 0 radical (unpaired) electrons. The average molecular weight is 440 g/mol. The van der Waals surface area contributed by atoms with Gasteiger partial charge in [0.15, 0.2) is 0 Å². The summed E-state index contributed by atoms with van der Waals surface area (Å²) in [7, 11) is 0. The number of halogens is 2. The molecule has 25 heavy (non-hydrogen) atoms. The zero-order valence-corrected chi connectivity index (χ0v) is 18.2. The zero-order chi connectivity index (χ0) is 18.2. The van der Waals surface area contributed by atoms with Crippen molar-refractivity contribution in [1.82, 2.24) is 0 Å². The SMILES string of the molecule is C[CH](C)[Ge]1([CH](C)C)[O]c2cc(Cl)ccc2N=Nc2ccc(Cl)cc2[O]1. The summed E-state index contributed by atoms with van der Waals surface area (Å²) in [4.78, 5) is 0. The van der Waals surface area contributed by atoms with Gasteiger partial charge in [0, 0.05) is 0 Å². The molecule has 0 saturated carbocycles. The third-order valence-electron chi connectivity index (χ3n) is 4.26. The van der Waals surface area contributed by atoms with Crippen molar-refractivity contribution < 1.29 is 7.53 Å². The summed E-state index contributed by atoms with van der Waals surface area (Å²) in [5.41, 5.74) is 1.29. The molecule has 7 heteroatoms. The Morgan fingerprint density at radius 2 is 1.16 bits per heavy atom. The summed E-state index contributed by atoms with van der Waals surface area (Å²) in [5, 5.41) is 9.89. The second-order valence-corrected chi connectivity index (χ2v) is 16.3. The van der Waals surface area contributed by atoms with E-state index in [4.69, 9.17) is 30.7 Å². The van der Waals surface area contributed by atoms with Crippen molar-refractivity contribution in [3.63, 3.8) is 0 Å². The molecule has 1 aliphatic rings. The van der Waals surface area contributed by atoms with Crippen LogP contribution in [0.15, 0.2) is 46.6 Å². The van der Waals surface area contributed by atoms with Crippen LogP contribution >= 0.6 is 23.2 Å². The van der Waals surface area contributed by atoms with Crippen LogP contribution in [0, 0.1) is 0 Å². The molecule has 2 aromatic rings. The first kappa shape index (κ1) is 18.6. The predicted octanol–water partition coefficient (Wildman–Crippen LogP) is 7.44. The molecule has 0 atom stereocenters. The Hall–Kier alpha value is -1.24. The van der Waals surface area contributed by atoms with Gasteiger partial charge in [0.1, 0.15) is 0 Å². The fourth-order valence-corrected chi connectivity index (χ4v) is 10.2. The number of nitrogens with zero attached hydrogens (tertiary/aromatic N) is 2. The van der Waals surface area contributed by atoms with Crippen molar-refractivity contribution in [2.24, 2.45) is 10.2 Å². The quantitative estimate of drug-likeness (QED) is 0.456. The zero-order valence-electron chi connectivity index (χ0n) is 14.6. The second kappa shape index (κ2) is 7.18. The Morgan fingerprint density at radius 3 is 1.52 bits per heavy atom. The molecule has 4 nitrogen and oxygen atoms in total. The molecule has 1 heterocycles. The van der Waals surface area contributed by atoms with Gasteiger partial charge < -0.3 is 0 Å². The molecular formula is C18H20Cl2GeN2O2. The Bertz CT molecular complexity index is 757. The van der Waals surface area contributed by atoms with Gasteiger partial charge in [-0.05, 0) is 0 Å². The molecule has 0 N–H and O–H groups in total. The molecule has 3 rings (SSSR count). The minimum absolute atomic E-state index is 0.233. The maximum absolute atomic E-state index is 6.59. The number of azo groups is 1. The summed E-state index contributed by atoms with van der Waals surface area (Å²) in [6.45, 7) is 8.56. The van der Waals surface area contributed by atoms with Gasteiger partial charge in [-0.15, -0.1) is 0 Å². The number of rotatable bonds is 2. The van der Waals surface area contributed by atoms with Gasteiger partial charge in [-0.1, -0.05) is 0 Å². The summed E-state index contributed by atoms with van der Waals surface area (Å²) < 4.78 is 13.6. The van der Waals surface area contributed by atoms with Gasteiger partial charge in [-0.2, -0.15) is 0 Å². The molecule has 0 unspecified atom stereocenters. The topological polar surface area (TPSA) is 43.2 Å². The molecule has 0 aromatic heterocycles. The fourth-order valence-electron chi connectivity index (χ4n) is 2.92. The summed E-state index contributed by atoms with van der Waals surface area (Å²) in [5.74, 6) is 1.25. The van der Waals surface area contributed by atoms with Crippen molar-refractivity contribution in [1.29, 1.82) is 0 Å². The average Bonchev–Trinajstić information content (AvgIpc) is 2.60. The number of hydrogen-bond donors (Lipinski definition) is 0. The van der Waals surface area contributed by atoms with E-state index >= 15 is 0 Å². The van der Waals surface area contributed by atoms with Crippen molar-refractivity contribution in [3.05, 3.63) is 46.4 Å². The van der Waals surface area contributed by atoms with Crippen LogP contribution < -0.4 is 7.53 Å². The van der Waals surface area contributed by atoms with Crippen LogP contribution in [0.2, 0.25) is 19.5 Å². The van der Waals surface area contributed by atoms with Crippen molar-refractivity contribution >= 4 is 48.5 Å². The van der Waals surface area contributed by atoms with E-state index in [1.807, 2.05) is 12.1 Å². The molecule has 0 bridgehead atoms. The van der Waals surface area contributed by atoms with Crippen LogP contribution in [-0.4, -0.2) is 13.9 Å². The van der Waals surface area contributed by atoms with E-state index < -0.39 is 13.9 Å². The van der Waals surface area contributed by atoms with Gasteiger partial charge in [0.2, 0.25) is 0 Å². The van der Waals surface area contributed by atoms with Crippen LogP contribution in [0.4, 0.5) is 11.4 Å². The second-order valence-electron chi connectivity index (χ2n) is 6.66. The van der Waals surface area contributed by atoms with E-state index in [-0.39, 0.29) is 9.50 Å². The fraction of sp³-hybridized carbons (Fsp3) is 0.333. The monoisotopic (exact) mass is 440 g/mol. The molecule has 2 aromatic carbocycles. The van der Waals surface area contributed by atoms with E-state index in [0.717, 1.165) is 0 Å². The number of benzene rings is 2. The van der Waals surface area contributed by atoms with Gasteiger partial charge in [-0.25, -0.2) is 0 Å². The van der Waals surface area contributed by atoms with Crippen molar-refractivity contribution in [2.45, 2.75) is 37.2 Å². The summed E-state index contributed by atoms with van der Waals surface area (Å²) in [6.07, 6.45) is 0. The molecule has 0 fully saturated rings. The minimum atomic E-state index is -3.37. The molecule has 0 aliphatic carbocycles. The number of hydrogen-bond acceptors (Lipinski definition) is 4. The molecular weight excluding hydrogens is 420 g/mol. The molecule has 0 amide bonds. The van der Waals surface area contributed by atoms with E-state index in [1.165, 1.54) is 0 Å². The van der Waals surface area contributed by atoms with Crippen LogP contribution in [0.3, 0.4) is 0 Å². The van der Waals surface area contributed by atoms with Crippen LogP contribution in [0.25, 0.3) is 0 Å².